The molecular formula is C21H21FN2O3. The largest absolute Gasteiger partial charge is 0.506 e. The van der Waals surface area contributed by atoms with Crippen LogP contribution in [0.2, 0.25) is 0 Å². The number of amides is 1. The molecule has 1 amide bonds. The molecule has 0 unspecified atom stereocenters. The summed E-state index contributed by atoms with van der Waals surface area (Å²) in [5.74, 6) is -1.50. The number of nitrogens with one attached hydrogen (secondary N) is 1. The van der Waals surface area contributed by atoms with Gasteiger partial charge in [-0.05, 0) is 36.6 Å². The Balaban J connectivity index is 2.13. The van der Waals surface area contributed by atoms with Gasteiger partial charge in [0.25, 0.3) is 11.5 Å². The third kappa shape index (κ3) is 3.69. The number of aromatic nitrogens is 1. The van der Waals surface area contributed by atoms with E-state index in [1.54, 1.807) is 30.3 Å². The van der Waals surface area contributed by atoms with Crippen LogP contribution in [0.5, 0.6) is 5.75 Å². The van der Waals surface area contributed by atoms with Crippen molar-refractivity contribution in [3.8, 4) is 5.75 Å². The third-order valence-electron chi connectivity index (χ3n) is 4.42. The number of carbonyl (C=O) groups is 1. The molecule has 3 aromatic rings. The first kappa shape index (κ1) is 18.6. The van der Waals surface area contributed by atoms with Crippen LogP contribution in [0, 0.1) is 11.7 Å². The highest BCUT2D eigenvalue weighted by Gasteiger charge is 2.23. The van der Waals surface area contributed by atoms with Crippen molar-refractivity contribution in [1.29, 1.82) is 0 Å². The van der Waals surface area contributed by atoms with Gasteiger partial charge < -0.3 is 15.0 Å². The predicted molar refractivity (Wildman–Crippen MR) is 104 cm³/mol. The summed E-state index contributed by atoms with van der Waals surface area (Å²) < 4.78 is 15.3. The molecule has 1 aromatic heterocycles. The lowest BCUT2D eigenvalue weighted by Crippen LogP contribution is -2.30. The Hall–Kier alpha value is -3.15. The number of hydrogen-bond donors (Lipinski definition) is 2. The molecule has 0 aliphatic heterocycles. The number of para-hydroxylation sites is 2. The topological polar surface area (TPSA) is 71.3 Å². The van der Waals surface area contributed by atoms with E-state index in [-0.39, 0.29) is 11.3 Å². The fourth-order valence-electron chi connectivity index (χ4n) is 2.95. The number of carbonyl (C=O) groups excluding carboxylic acids is 1. The molecule has 2 N–H and O–H groups in total. The van der Waals surface area contributed by atoms with E-state index in [0.717, 1.165) is 6.42 Å². The maximum atomic E-state index is 13.8. The first-order valence-corrected chi connectivity index (χ1v) is 8.80. The number of halogens is 1. The SMILES string of the molecule is CC(C)CCn1c(=O)c(C(=O)Nc2ccccc2F)c(O)c2ccccc21. The van der Waals surface area contributed by atoms with Gasteiger partial charge in [0.1, 0.15) is 17.1 Å². The lowest BCUT2D eigenvalue weighted by Gasteiger charge is -2.16. The molecule has 0 saturated heterocycles. The average molecular weight is 368 g/mol. The molecule has 0 bridgehead atoms. The van der Waals surface area contributed by atoms with E-state index in [4.69, 9.17) is 0 Å². The second-order valence-corrected chi connectivity index (χ2v) is 6.81. The first-order valence-electron chi connectivity index (χ1n) is 8.80. The van der Waals surface area contributed by atoms with Gasteiger partial charge in [-0.1, -0.05) is 38.1 Å². The van der Waals surface area contributed by atoms with Gasteiger partial charge in [-0.3, -0.25) is 9.59 Å². The van der Waals surface area contributed by atoms with Crippen molar-refractivity contribution < 1.29 is 14.3 Å². The van der Waals surface area contributed by atoms with Crippen LogP contribution < -0.4 is 10.9 Å². The van der Waals surface area contributed by atoms with Gasteiger partial charge in [-0.25, -0.2) is 4.39 Å². The molecule has 0 aliphatic carbocycles. The molecule has 0 fully saturated rings. The summed E-state index contributed by atoms with van der Waals surface area (Å²) in [6.45, 7) is 4.50. The number of aromatic hydroxyl groups is 1. The average Bonchev–Trinajstić information content (AvgIpc) is 2.63. The summed E-state index contributed by atoms with van der Waals surface area (Å²) in [6, 6.07) is 12.5. The fourth-order valence-corrected chi connectivity index (χ4v) is 2.95. The number of hydrogen-bond acceptors (Lipinski definition) is 3. The van der Waals surface area contributed by atoms with Crippen LogP contribution in [0.4, 0.5) is 10.1 Å². The van der Waals surface area contributed by atoms with Crippen molar-refractivity contribution >= 4 is 22.5 Å². The molecule has 6 heteroatoms. The Morgan fingerprint density at radius 2 is 1.81 bits per heavy atom. The van der Waals surface area contributed by atoms with Crippen molar-refractivity contribution in [2.75, 3.05) is 5.32 Å². The lowest BCUT2D eigenvalue weighted by atomic mass is 10.1. The van der Waals surface area contributed by atoms with Gasteiger partial charge >= 0.3 is 0 Å². The molecule has 0 radical (unpaired) electrons. The predicted octanol–water partition coefficient (Wildman–Crippen LogP) is 4.14. The third-order valence-corrected chi connectivity index (χ3v) is 4.42. The van der Waals surface area contributed by atoms with Crippen molar-refractivity contribution in [2.24, 2.45) is 5.92 Å². The van der Waals surface area contributed by atoms with Gasteiger partial charge in [0, 0.05) is 11.9 Å². The maximum Gasteiger partial charge on any atom is 0.267 e. The van der Waals surface area contributed by atoms with E-state index in [2.05, 4.69) is 5.32 Å². The number of rotatable bonds is 5. The Morgan fingerprint density at radius 3 is 2.52 bits per heavy atom. The summed E-state index contributed by atoms with van der Waals surface area (Å²) in [5.41, 5.74) is -0.479. The van der Waals surface area contributed by atoms with Crippen LogP contribution >= 0.6 is 0 Å². The minimum Gasteiger partial charge on any atom is -0.506 e. The first-order chi connectivity index (χ1) is 12.9. The number of fused-ring (bicyclic) bond motifs is 1. The van der Waals surface area contributed by atoms with E-state index >= 15 is 0 Å². The summed E-state index contributed by atoms with van der Waals surface area (Å²) in [7, 11) is 0. The van der Waals surface area contributed by atoms with Crippen LogP contribution in [0.3, 0.4) is 0 Å². The van der Waals surface area contributed by atoms with E-state index in [1.807, 2.05) is 13.8 Å². The van der Waals surface area contributed by atoms with Gasteiger partial charge in [0.05, 0.1) is 11.2 Å². The number of aryl methyl sites for hydroxylation is 1. The standard InChI is InChI=1S/C21H21FN2O3/c1-13(2)11-12-24-17-10-6-3-7-14(17)19(25)18(21(24)27)20(26)23-16-9-5-4-8-15(16)22/h3-10,13,25H,11-12H2,1-2H3,(H,23,26). The van der Waals surface area contributed by atoms with Gasteiger partial charge in [-0.15, -0.1) is 0 Å². The van der Waals surface area contributed by atoms with Crippen molar-refractivity contribution in [3.05, 3.63) is 70.3 Å². The highest BCUT2D eigenvalue weighted by atomic mass is 19.1. The van der Waals surface area contributed by atoms with Crippen molar-refractivity contribution in [3.63, 3.8) is 0 Å². The highest BCUT2D eigenvalue weighted by Crippen LogP contribution is 2.27. The second kappa shape index (κ2) is 7.61. The molecule has 0 aliphatic rings. The number of anilines is 1. The van der Waals surface area contributed by atoms with Gasteiger partial charge in [0.15, 0.2) is 0 Å². The summed E-state index contributed by atoms with van der Waals surface area (Å²) in [5, 5.41) is 13.4. The van der Waals surface area contributed by atoms with Crippen molar-refractivity contribution in [2.45, 2.75) is 26.8 Å². The zero-order chi connectivity index (χ0) is 19.6. The molecule has 0 spiro atoms. The van der Waals surface area contributed by atoms with E-state index in [0.29, 0.717) is 23.4 Å². The van der Waals surface area contributed by atoms with Crippen LogP contribution in [0.15, 0.2) is 53.3 Å². The van der Waals surface area contributed by atoms with Crippen LogP contribution in [0.1, 0.15) is 30.6 Å². The molecule has 0 saturated carbocycles. The summed E-state index contributed by atoms with van der Waals surface area (Å²) >= 11 is 0. The smallest absolute Gasteiger partial charge is 0.267 e. The van der Waals surface area contributed by atoms with E-state index in [1.165, 1.54) is 22.8 Å². The molecule has 3 rings (SSSR count). The molecule has 140 valence electrons. The number of benzene rings is 2. The minimum atomic E-state index is -0.841. The fraction of sp³-hybridized carbons (Fsp3) is 0.238. The Kier molecular flexibility index (Phi) is 5.26. The number of nitrogens with zero attached hydrogens (tertiary/aromatic N) is 1. The van der Waals surface area contributed by atoms with E-state index < -0.39 is 23.0 Å². The van der Waals surface area contributed by atoms with Crippen LogP contribution in [0.25, 0.3) is 10.9 Å². The quantitative estimate of drug-likeness (QED) is 0.711. The Morgan fingerprint density at radius 1 is 1.15 bits per heavy atom. The monoisotopic (exact) mass is 368 g/mol. The molecule has 5 nitrogen and oxygen atoms in total. The Labute approximate surface area is 156 Å². The summed E-state index contributed by atoms with van der Waals surface area (Å²) in [4.78, 5) is 25.7. The van der Waals surface area contributed by atoms with Crippen molar-refractivity contribution in [1.82, 2.24) is 4.57 Å². The molecular weight excluding hydrogens is 347 g/mol. The second-order valence-electron chi connectivity index (χ2n) is 6.81. The van der Waals surface area contributed by atoms with Gasteiger partial charge in [-0.2, -0.15) is 0 Å². The molecule has 1 heterocycles. The van der Waals surface area contributed by atoms with Crippen LogP contribution in [-0.4, -0.2) is 15.6 Å². The highest BCUT2D eigenvalue weighted by molar-refractivity contribution is 6.09. The minimum absolute atomic E-state index is 0.0526. The summed E-state index contributed by atoms with van der Waals surface area (Å²) in [6.07, 6.45) is 0.739. The number of pyridine rings is 1. The van der Waals surface area contributed by atoms with Crippen LogP contribution in [-0.2, 0) is 6.54 Å². The molecule has 0 atom stereocenters. The molecule has 27 heavy (non-hydrogen) atoms. The normalized spacial score (nSPS) is 11.1. The maximum absolute atomic E-state index is 13.8. The molecule has 2 aromatic carbocycles. The zero-order valence-electron chi connectivity index (χ0n) is 15.2. The van der Waals surface area contributed by atoms with E-state index in [9.17, 15) is 19.1 Å². The lowest BCUT2D eigenvalue weighted by molar-refractivity contribution is 0.102. The van der Waals surface area contributed by atoms with Gasteiger partial charge in [0.2, 0.25) is 0 Å². The zero-order valence-corrected chi connectivity index (χ0v) is 15.2. The Bertz CT molecular complexity index is 1060.